The number of benzene rings is 1. The SMILES string of the molecule is Cc1ccc(SCC(F)(F)C(F)F)cc1. The summed E-state index contributed by atoms with van der Waals surface area (Å²) in [5.74, 6) is -4.82. The lowest BCUT2D eigenvalue weighted by Gasteiger charge is -2.14. The molecule has 0 spiro atoms. The zero-order valence-electron chi connectivity index (χ0n) is 8.01. The highest BCUT2D eigenvalue weighted by Crippen LogP contribution is 2.30. The van der Waals surface area contributed by atoms with Crippen molar-refractivity contribution in [1.29, 1.82) is 0 Å². The van der Waals surface area contributed by atoms with Gasteiger partial charge in [0.05, 0.1) is 5.75 Å². The highest BCUT2D eigenvalue weighted by molar-refractivity contribution is 7.99. The summed E-state index contributed by atoms with van der Waals surface area (Å²) in [6.45, 7) is 1.86. The number of halogens is 4. The van der Waals surface area contributed by atoms with Crippen LogP contribution in [0, 0.1) is 6.92 Å². The number of hydrogen-bond acceptors (Lipinski definition) is 1. The smallest absolute Gasteiger partial charge is 0.204 e. The molecule has 0 aliphatic heterocycles. The lowest BCUT2D eigenvalue weighted by molar-refractivity contribution is -0.109. The van der Waals surface area contributed by atoms with E-state index in [2.05, 4.69) is 0 Å². The maximum atomic E-state index is 12.5. The van der Waals surface area contributed by atoms with E-state index in [0.717, 1.165) is 17.3 Å². The molecule has 0 nitrogen and oxygen atoms in total. The molecular formula is C10H10F4S. The number of alkyl halides is 4. The third-order valence-corrected chi connectivity index (χ3v) is 2.91. The van der Waals surface area contributed by atoms with Gasteiger partial charge in [-0.15, -0.1) is 11.8 Å². The van der Waals surface area contributed by atoms with Crippen molar-refractivity contribution in [3.05, 3.63) is 29.8 Å². The van der Waals surface area contributed by atoms with Gasteiger partial charge in [-0.1, -0.05) is 17.7 Å². The van der Waals surface area contributed by atoms with Gasteiger partial charge in [0.1, 0.15) is 0 Å². The molecule has 0 saturated carbocycles. The molecule has 0 unspecified atom stereocenters. The molecule has 0 aliphatic carbocycles. The lowest BCUT2D eigenvalue weighted by atomic mass is 10.2. The summed E-state index contributed by atoms with van der Waals surface area (Å²) in [7, 11) is 0. The van der Waals surface area contributed by atoms with Crippen LogP contribution in [0.1, 0.15) is 5.56 Å². The zero-order chi connectivity index (χ0) is 11.5. The van der Waals surface area contributed by atoms with Crippen molar-refractivity contribution in [2.24, 2.45) is 0 Å². The average Bonchev–Trinajstić information content (AvgIpc) is 2.17. The van der Waals surface area contributed by atoms with E-state index in [9.17, 15) is 17.6 Å². The van der Waals surface area contributed by atoms with Crippen LogP contribution in [0.3, 0.4) is 0 Å². The molecule has 0 aromatic heterocycles. The Kier molecular flexibility index (Phi) is 4.02. The number of hydrogen-bond donors (Lipinski definition) is 0. The Morgan fingerprint density at radius 3 is 2.20 bits per heavy atom. The van der Waals surface area contributed by atoms with Crippen molar-refractivity contribution >= 4 is 11.8 Å². The van der Waals surface area contributed by atoms with E-state index in [1.165, 1.54) is 0 Å². The van der Waals surface area contributed by atoms with Crippen molar-refractivity contribution in [2.45, 2.75) is 24.2 Å². The maximum Gasteiger partial charge on any atom is 0.316 e. The fourth-order valence-electron chi connectivity index (χ4n) is 0.877. The first-order valence-corrected chi connectivity index (χ1v) is 5.26. The van der Waals surface area contributed by atoms with E-state index in [1.54, 1.807) is 24.3 Å². The Labute approximate surface area is 89.7 Å². The quantitative estimate of drug-likeness (QED) is 0.564. The van der Waals surface area contributed by atoms with E-state index >= 15 is 0 Å². The molecule has 15 heavy (non-hydrogen) atoms. The molecule has 0 radical (unpaired) electrons. The summed E-state index contributed by atoms with van der Waals surface area (Å²) in [5.41, 5.74) is 1.000. The molecule has 0 atom stereocenters. The Bertz CT molecular complexity index is 308. The Morgan fingerprint density at radius 1 is 1.20 bits per heavy atom. The molecule has 0 heterocycles. The van der Waals surface area contributed by atoms with Gasteiger partial charge in [0.2, 0.25) is 0 Å². The van der Waals surface area contributed by atoms with Gasteiger partial charge >= 0.3 is 12.3 Å². The van der Waals surface area contributed by atoms with Crippen molar-refractivity contribution in [3.8, 4) is 0 Å². The van der Waals surface area contributed by atoms with Gasteiger partial charge in [-0.3, -0.25) is 0 Å². The number of aryl methyl sites for hydroxylation is 1. The second-order valence-electron chi connectivity index (χ2n) is 3.16. The predicted octanol–water partition coefficient (Wildman–Crippen LogP) is 3.99. The standard InChI is InChI=1S/C10H10F4S/c1-7-2-4-8(5-3-7)15-6-10(13,14)9(11)12/h2-5,9H,6H2,1H3. The van der Waals surface area contributed by atoms with Gasteiger partial charge in [0, 0.05) is 4.90 Å². The molecule has 0 N–H and O–H groups in total. The second kappa shape index (κ2) is 4.88. The number of rotatable bonds is 4. The minimum absolute atomic E-state index is 0.570. The summed E-state index contributed by atoms with van der Waals surface area (Å²) in [6, 6.07) is 6.79. The van der Waals surface area contributed by atoms with Crippen molar-refractivity contribution in [3.63, 3.8) is 0 Å². The molecule has 1 aromatic carbocycles. The minimum Gasteiger partial charge on any atom is -0.204 e. The predicted molar refractivity (Wildman–Crippen MR) is 52.9 cm³/mol. The fraction of sp³-hybridized carbons (Fsp3) is 0.400. The average molecular weight is 238 g/mol. The highest BCUT2D eigenvalue weighted by atomic mass is 32.2. The van der Waals surface area contributed by atoms with E-state index in [-0.39, 0.29) is 0 Å². The van der Waals surface area contributed by atoms with Gasteiger partial charge in [-0.2, -0.15) is 8.78 Å². The molecule has 0 bridgehead atoms. The second-order valence-corrected chi connectivity index (χ2v) is 4.21. The molecule has 0 amide bonds. The van der Waals surface area contributed by atoms with Crippen LogP contribution in [0.5, 0.6) is 0 Å². The van der Waals surface area contributed by atoms with Gasteiger partial charge in [0.15, 0.2) is 0 Å². The van der Waals surface area contributed by atoms with Crippen molar-refractivity contribution < 1.29 is 17.6 Å². The molecule has 0 saturated heterocycles. The molecule has 84 valence electrons. The first kappa shape index (κ1) is 12.4. The molecular weight excluding hydrogens is 228 g/mol. The van der Waals surface area contributed by atoms with E-state index < -0.39 is 18.1 Å². The largest absolute Gasteiger partial charge is 0.316 e. The van der Waals surface area contributed by atoms with Crippen LogP contribution in [0.2, 0.25) is 0 Å². The van der Waals surface area contributed by atoms with Crippen LogP contribution in [0.15, 0.2) is 29.2 Å². The fourth-order valence-corrected chi connectivity index (χ4v) is 1.69. The monoisotopic (exact) mass is 238 g/mol. The number of thioether (sulfide) groups is 1. The Morgan fingerprint density at radius 2 is 1.73 bits per heavy atom. The third kappa shape index (κ3) is 3.74. The molecule has 0 aliphatic rings. The van der Waals surface area contributed by atoms with Crippen LogP contribution < -0.4 is 0 Å². The van der Waals surface area contributed by atoms with Crippen LogP contribution in [-0.4, -0.2) is 18.1 Å². The van der Waals surface area contributed by atoms with Crippen LogP contribution in [0.25, 0.3) is 0 Å². The zero-order valence-corrected chi connectivity index (χ0v) is 8.83. The molecule has 5 heteroatoms. The summed E-state index contributed by atoms with van der Waals surface area (Å²) in [5, 5.41) is 0. The topological polar surface area (TPSA) is 0 Å². The first-order chi connectivity index (χ1) is 6.92. The van der Waals surface area contributed by atoms with Gasteiger partial charge in [0.25, 0.3) is 0 Å². The maximum absolute atomic E-state index is 12.5. The molecule has 1 aromatic rings. The van der Waals surface area contributed by atoms with Crippen molar-refractivity contribution in [2.75, 3.05) is 5.75 Å². The Hall–Kier alpha value is -0.710. The lowest BCUT2D eigenvalue weighted by Crippen LogP contribution is -2.29. The molecule has 1 rings (SSSR count). The molecule has 0 fully saturated rings. The summed E-state index contributed by atoms with van der Waals surface area (Å²) < 4.78 is 48.7. The van der Waals surface area contributed by atoms with E-state index in [0.29, 0.717) is 4.90 Å². The van der Waals surface area contributed by atoms with Gasteiger partial charge < -0.3 is 0 Å². The van der Waals surface area contributed by atoms with E-state index in [4.69, 9.17) is 0 Å². The van der Waals surface area contributed by atoms with Gasteiger partial charge in [-0.05, 0) is 19.1 Å². The summed E-state index contributed by atoms with van der Waals surface area (Å²) in [4.78, 5) is 0.570. The van der Waals surface area contributed by atoms with E-state index in [1.807, 2.05) is 6.92 Å². The van der Waals surface area contributed by atoms with Crippen molar-refractivity contribution in [1.82, 2.24) is 0 Å². The summed E-state index contributed by atoms with van der Waals surface area (Å²) >= 11 is 0.734. The van der Waals surface area contributed by atoms with Gasteiger partial charge in [-0.25, -0.2) is 8.78 Å². The van der Waals surface area contributed by atoms with Crippen LogP contribution in [0.4, 0.5) is 17.6 Å². The normalized spacial score (nSPS) is 12.1. The minimum atomic E-state index is -3.92. The first-order valence-electron chi connectivity index (χ1n) is 4.27. The summed E-state index contributed by atoms with van der Waals surface area (Å²) in [6.07, 6.45) is -3.60. The van der Waals surface area contributed by atoms with Crippen LogP contribution in [-0.2, 0) is 0 Å². The van der Waals surface area contributed by atoms with Crippen LogP contribution >= 0.6 is 11.8 Å². The Balaban J connectivity index is 2.54. The highest BCUT2D eigenvalue weighted by Gasteiger charge is 2.40. The third-order valence-electron chi connectivity index (χ3n) is 1.77.